The summed E-state index contributed by atoms with van der Waals surface area (Å²) in [5.74, 6) is 0. The van der Waals surface area contributed by atoms with Gasteiger partial charge in [0.1, 0.15) is 4.90 Å². The van der Waals surface area contributed by atoms with Crippen molar-refractivity contribution in [3.05, 3.63) is 14.7 Å². The fourth-order valence-electron chi connectivity index (χ4n) is 2.66. The average molecular weight is 367 g/mol. The number of hydrogen-bond acceptors (Lipinski definition) is 4. The van der Waals surface area contributed by atoms with Gasteiger partial charge in [0.15, 0.2) is 0 Å². The summed E-state index contributed by atoms with van der Waals surface area (Å²) in [5, 5.41) is 0. The molecule has 1 aromatic rings. The van der Waals surface area contributed by atoms with Crippen LogP contribution in [0.25, 0.3) is 0 Å². The van der Waals surface area contributed by atoms with Gasteiger partial charge in [0.05, 0.1) is 3.79 Å². The molecule has 0 aliphatic carbocycles. The Hall–Kier alpha value is 0.0500. The monoisotopic (exact) mass is 366 g/mol. The summed E-state index contributed by atoms with van der Waals surface area (Å²) in [6.45, 7) is 4.33. The maximum absolute atomic E-state index is 12.8. The minimum Gasteiger partial charge on any atom is -0.326 e. The molecule has 1 aliphatic rings. The van der Waals surface area contributed by atoms with Crippen molar-refractivity contribution in [3.63, 3.8) is 0 Å². The van der Waals surface area contributed by atoms with Crippen LogP contribution in [0.1, 0.15) is 38.0 Å². The summed E-state index contributed by atoms with van der Waals surface area (Å²) in [4.78, 5) is 1.24. The molecule has 2 N–H and O–H groups in total. The molecule has 2 atom stereocenters. The first-order valence-electron chi connectivity index (χ1n) is 6.39. The number of nitrogens with two attached hydrogens (primary N) is 1. The van der Waals surface area contributed by atoms with Crippen LogP contribution in [0.5, 0.6) is 0 Å². The molecular formula is C12H19BrN2O2S2. The van der Waals surface area contributed by atoms with Gasteiger partial charge in [-0.25, -0.2) is 8.42 Å². The molecule has 2 heterocycles. The van der Waals surface area contributed by atoms with Crippen molar-refractivity contribution in [2.24, 2.45) is 5.73 Å². The summed E-state index contributed by atoms with van der Waals surface area (Å²) >= 11 is 4.75. The topological polar surface area (TPSA) is 63.4 Å². The number of rotatable bonds is 3. The van der Waals surface area contributed by atoms with Gasteiger partial charge < -0.3 is 5.73 Å². The number of hydrogen-bond donors (Lipinski definition) is 1. The normalized spacial score (nSPS) is 25.7. The van der Waals surface area contributed by atoms with Crippen LogP contribution in [0.3, 0.4) is 0 Å². The lowest BCUT2D eigenvalue weighted by atomic mass is 10.0. The van der Waals surface area contributed by atoms with Gasteiger partial charge >= 0.3 is 0 Å². The van der Waals surface area contributed by atoms with E-state index in [0.29, 0.717) is 15.2 Å². The third-order valence-corrected chi connectivity index (χ3v) is 7.98. The van der Waals surface area contributed by atoms with E-state index >= 15 is 0 Å². The Labute approximate surface area is 127 Å². The number of piperidine rings is 1. The first kappa shape index (κ1) is 15.4. The molecular weight excluding hydrogens is 348 g/mol. The van der Waals surface area contributed by atoms with Crippen LogP contribution in [-0.2, 0) is 16.6 Å². The number of halogens is 1. The fourth-order valence-corrected chi connectivity index (χ4v) is 7.06. The van der Waals surface area contributed by atoms with Gasteiger partial charge in [0.2, 0.25) is 10.0 Å². The molecule has 108 valence electrons. The van der Waals surface area contributed by atoms with Crippen molar-refractivity contribution < 1.29 is 8.42 Å². The Morgan fingerprint density at radius 2 is 2.00 bits per heavy atom. The van der Waals surface area contributed by atoms with Gasteiger partial charge in [0.25, 0.3) is 0 Å². The summed E-state index contributed by atoms with van der Waals surface area (Å²) in [7, 11) is -3.44. The van der Waals surface area contributed by atoms with Gasteiger partial charge in [-0.15, -0.1) is 11.3 Å². The number of sulfonamides is 1. The molecule has 1 fully saturated rings. The highest BCUT2D eigenvalue weighted by molar-refractivity contribution is 9.11. The quantitative estimate of drug-likeness (QED) is 0.894. The van der Waals surface area contributed by atoms with E-state index in [1.165, 1.54) is 11.3 Å². The molecule has 4 nitrogen and oxygen atoms in total. The number of thiophene rings is 1. The maximum Gasteiger partial charge on any atom is 0.245 e. The highest BCUT2D eigenvalue weighted by Crippen LogP contribution is 2.37. The minimum atomic E-state index is -3.44. The Kier molecular flexibility index (Phi) is 4.72. The highest BCUT2D eigenvalue weighted by Gasteiger charge is 2.37. The van der Waals surface area contributed by atoms with Crippen LogP contribution >= 0.6 is 27.3 Å². The van der Waals surface area contributed by atoms with Gasteiger partial charge in [-0.3, -0.25) is 0 Å². The van der Waals surface area contributed by atoms with Crippen LogP contribution in [0.2, 0.25) is 0 Å². The van der Waals surface area contributed by atoms with Crippen molar-refractivity contribution in [3.8, 4) is 0 Å². The molecule has 1 aromatic heterocycles. The van der Waals surface area contributed by atoms with Crippen LogP contribution in [-0.4, -0.2) is 24.8 Å². The molecule has 2 unspecified atom stereocenters. The van der Waals surface area contributed by atoms with E-state index in [-0.39, 0.29) is 12.1 Å². The van der Waals surface area contributed by atoms with Crippen molar-refractivity contribution in [2.45, 2.75) is 56.6 Å². The first-order valence-corrected chi connectivity index (χ1v) is 9.44. The molecule has 7 heteroatoms. The molecule has 1 saturated heterocycles. The lowest BCUT2D eigenvalue weighted by Gasteiger charge is -2.37. The molecule has 0 spiro atoms. The third kappa shape index (κ3) is 2.90. The molecule has 0 saturated carbocycles. The largest absolute Gasteiger partial charge is 0.326 e. The minimum absolute atomic E-state index is 0.0573. The summed E-state index contributed by atoms with van der Waals surface area (Å²) in [6.07, 6.45) is 2.94. The lowest BCUT2D eigenvalue weighted by molar-refractivity contribution is 0.204. The van der Waals surface area contributed by atoms with E-state index in [4.69, 9.17) is 5.73 Å². The third-order valence-electron chi connectivity index (χ3n) is 3.58. The van der Waals surface area contributed by atoms with E-state index < -0.39 is 10.0 Å². The Morgan fingerprint density at radius 1 is 1.42 bits per heavy atom. The molecule has 0 bridgehead atoms. The molecule has 0 aromatic carbocycles. The van der Waals surface area contributed by atoms with Crippen LogP contribution in [0.15, 0.2) is 14.7 Å². The SMILES string of the molecule is CC1CCCC(C)N1S(=O)(=O)c1cc(CN)sc1Br. The summed E-state index contributed by atoms with van der Waals surface area (Å²) in [6, 6.07) is 1.81. The standard InChI is InChI=1S/C12H19BrN2O2S2/c1-8-4-3-5-9(2)15(8)19(16,17)11-6-10(7-14)18-12(11)13/h6,8-9H,3-5,7,14H2,1-2H3. The van der Waals surface area contributed by atoms with Crippen LogP contribution in [0.4, 0.5) is 0 Å². The van der Waals surface area contributed by atoms with Crippen molar-refractivity contribution in [1.29, 1.82) is 0 Å². The Bertz CT molecular complexity index is 546. The number of nitrogens with zero attached hydrogens (tertiary/aromatic N) is 1. The van der Waals surface area contributed by atoms with E-state index in [1.807, 2.05) is 13.8 Å². The van der Waals surface area contributed by atoms with E-state index in [0.717, 1.165) is 24.1 Å². The zero-order chi connectivity index (χ0) is 14.2. The first-order chi connectivity index (χ1) is 8.87. The van der Waals surface area contributed by atoms with E-state index in [9.17, 15) is 8.42 Å². The molecule has 2 rings (SSSR count). The summed E-state index contributed by atoms with van der Waals surface area (Å²) < 4.78 is 27.9. The predicted octanol–water partition coefficient (Wildman–Crippen LogP) is 2.92. The Balaban J connectivity index is 2.43. The van der Waals surface area contributed by atoms with Crippen LogP contribution in [0, 0.1) is 0 Å². The zero-order valence-corrected chi connectivity index (χ0v) is 14.3. The summed E-state index contributed by atoms with van der Waals surface area (Å²) in [5.41, 5.74) is 5.59. The highest BCUT2D eigenvalue weighted by atomic mass is 79.9. The van der Waals surface area contributed by atoms with Gasteiger partial charge in [-0.05, 0) is 48.7 Å². The zero-order valence-electron chi connectivity index (χ0n) is 11.1. The van der Waals surface area contributed by atoms with E-state index in [1.54, 1.807) is 10.4 Å². The molecule has 1 aliphatic heterocycles. The van der Waals surface area contributed by atoms with Gasteiger partial charge in [0, 0.05) is 23.5 Å². The average Bonchev–Trinajstić information content (AvgIpc) is 2.70. The van der Waals surface area contributed by atoms with Crippen molar-refractivity contribution >= 4 is 37.3 Å². The smallest absolute Gasteiger partial charge is 0.245 e. The fraction of sp³-hybridized carbons (Fsp3) is 0.667. The second-order valence-electron chi connectivity index (χ2n) is 5.02. The van der Waals surface area contributed by atoms with Crippen molar-refractivity contribution in [1.82, 2.24) is 4.31 Å². The van der Waals surface area contributed by atoms with Crippen LogP contribution < -0.4 is 5.73 Å². The maximum atomic E-state index is 12.8. The second-order valence-corrected chi connectivity index (χ2v) is 9.28. The van der Waals surface area contributed by atoms with Crippen molar-refractivity contribution in [2.75, 3.05) is 0 Å². The van der Waals surface area contributed by atoms with E-state index in [2.05, 4.69) is 15.9 Å². The predicted molar refractivity (Wildman–Crippen MR) is 81.7 cm³/mol. The van der Waals surface area contributed by atoms with Gasteiger partial charge in [-0.2, -0.15) is 4.31 Å². The molecule has 0 amide bonds. The van der Waals surface area contributed by atoms with Gasteiger partial charge in [-0.1, -0.05) is 6.42 Å². The second kappa shape index (κ2) is 5.81. The molecule has 19 heavy (non-hydrogen) atoms. The lowest BCUT2D eigenvalue weighted by Crippen LogP contribution is -2.47. The molecule has 0 radical (unpaired) electrons. The Morgan fingerprint density at radius 3 is 2.47 bits per heavy atom.